The molecule has 21 heavy (non-hydrogen) atoms. The van der Waals surface area contributed by atoms with Gasteiger partial charge in [0.2, 0.25) is 0 Å². The number of halogens is 1. The summed E-state index contributed by atoms with van der Waals surface area (Å²) >= 11 is 5.23. The number of rotatable bonds is 8. The lowest BCUT2D eigenvalue weighted by molar-refractivity contribution is 0.298. The van der Waals surface area contributed by atoms with Crippen molar-refractivity contribution in [2.24, 2.45) is 0 Å². The Kier molecular flexibility index (Phi) is 6.67. The van der Waals surface area contributed by atoms with E-state index in [-0.39, 0.29) is 0 Å². The smallest absolute Gasteiger partial charge is 0.131 e. The van der Waals surface area contributed by atoms with Gasteiger partial charge in [0.15, 0.2) is 0 Å². The van der Waals surface area contributed by atoms with Crippen LogP contribution in [0.4, 0.5) is 0 Å². The Morgan fingerprint density at radius 3 is 2.95 bits per heavy atom. The minimum absolute atomic E-state index is 0.529. The van der Waals surface area contributed by atoms with Crippen molar-refractivity contribution in [1.29, 1.82) is 0 Å². The molecule has 1 aromatic heterocycles. The third kappa shape index (κ3) is 5.09. The minimum Gasteiger partial charge on any atom is -0.487 e. The number of benzene rings is 1. The fraction of sp³-hybridized carbons (Fsp3) is 0.438. The highest BCUT2D eigenvalue weighted by Crippen LogP contribution is 2.24. The summed E-state index contributed by atoms with van der Waals surface area (Å²) in [5.41, 5.74) is 2.18. The van der Waals surface area contributed by atoms with E-state index < -0.39 is 0 Å². The van der Waals surface area contributed by atoms with Crippen molar-refractivity contribution < 1.29 is 4.74 Å². The molecule has 2 rings (SSSR count). The van der Waals surface area contributed by atoms with Gasteiger partial charge in [-0.3, -0.25) is 0 Å². The zero-order valence-corrected chi connectivity index (χ0v) is 14.9. The number of nitrogens with zero attached hydrogens (tertiary/aromatic N) is 1. The second-order valence-electron chi connectivity index (χ2n) is 4.80. The molecule has 2 aromatic rings. The highest BCUT2D eigenvalue weighted by Gasteiger charge is 2.07. The molecule has 0 amide bonds. The van der Waals surface area contributed by atoms with E-state index in [4.69, 9.17) is 4.74 Å². The first-order chi connectivity index (χ1) is 10.2. The monoisotopic (exact) mass is 368 g/mol. The third-order valence-electron chi connectivity index (χ3n) is 3.03. The Balaban J connectivity index is 2.00. The number of nitrogens with one attached hydrogen (secondary N) is 1. The molecule has 1 aromatic carbocycles. The lowest BCUT2D eigenvalue weighted by Gasteiger charge is -2.11. The van der Waals surface area contributed by atoms with Crippen LogP contribution in [0.25, 0.3) is 0 Å². The molecule has 0 spiro atoms. The number of hydrogen-bond donors (Lipinski definition) is 1. The van der Waals surface area contributed by atoms with Crippen molar-refractivity contribution in [2.75, 3.05) is 6.54 Å². The average molecular weight is 369 g/mol. The standard InChI is InChI=1S/C16H21BrN2OS/c1-3-5-16-19-14(11-21-16)10-20-15-7-6-13(17)8-12(15)9-18-4-2/h6-8,11,18H,3-5,9-10H2,1-2H3. The largest absolute Gasteiger partial charge is 0.487 e. The van der Waals surface area contributed by atoms with Gasteiger partial charge in [-0.1, -0.05) is 29.8 Å². The number of aryl methyl sites for hydroxylation is 1. The zero-order chi connectivity index (χ0) is 15.1. The summed E-state index contributed by atoms with van der Waals surface area (Å²) in [5, 5.41) is 6.62. The predicted octanol–water partition coefficient (Wildman–Crippen LogP) is 4.55. The second kappa shape index (κ2) is 8.51. The summed E-state index contributed by atoms with van der Waals surface area (Å²) in [7, 11) is 0. The van der Waals surface area contributed by atoms with Crippen LogP contribution < -0.4 is 10.1 Å². The summed E-state index contributed by atoms with van der Waals surface area (Å²) in [4.78, 5) is 4.59. The van der Waals surface area contributed by atoms with Crippen molar-refractivity contribution in [3.63, 3.8) is 0 Å². The molecule has 0 unspecified atom stereocenters. The van der Waals surface area contributed by atoms with E-state index >= 15 is 0 Å². The molecule has 0 aliphatic heterocycles. The molecule has 1 N–H and O–H groups in total. The quantitative estimate of drug-likeness (QED) is 0.742. The van der Waals surface area contributed by atoms with Crippen molar-refractivity contribution in [2.45, 2.75) is 39.8 Å². The summed E-state index contributed by atoms with van der Waals surface area (Å²) in [6, 6.07) is 6.12. The van der Waals surface area contributed by atoms with Crippen LogP contribution >= 0.6 is 27.3 Å². The van der Waals surface area contributed by atoms with Crippen LogP contribution in [0.2, 0.25) is 0 Å². The fourth-order valence-electron chi connectivity index (χ4n) is 1.98. The Morgan fingerprint density at radius 1 is 1.33 bits per heavy atom. The van der Waals surface area contributed by atoms with Gasteiger partial charge in [0.25, 0.3) is 0 Å². The van der Waals surface area contributed by atoms with Gasteiger partial charge < -0.3 is 10.1 Å². The maximum absolute atomic E-state index is 5.95. The van der Waals surface area contributed by atoms with Crippen LogP contribution in [0.15, 0.2) is 28.1 Å². The van der Waals surface area contributed by atoms with Crippen LogP contribution in [-0.2, 0) is 19.6 Å². The molecule has 5 heteroatoms. The van der Waals surface area contributed by atoms with Crippen molar-refractivity contribution >= 4 is 27.3 Å². The first-order valence-electron chi connectivity index (χ1n) is 7.28. The van der Waals surface area contributed by atoms with Gasteiger partial charge >= 0.3 is 0 Å². The summed E-state index contributed by atoms with van der Waals surface area (Å²) in [5.74, 6) is 0.921. The van der Waals surface area contributed by atoms with Crippen LogP contribution in [-0.4, -0.2) is 11.5 Å². The lowest BCUT2D eigenvalue weighted by Crippen LogP contribution is -2.13. The molecular weight excluding hydrogens is 348 g/mol. The minimum atomic E-state index is 0.529. The average Bonchev–Trinajstić information content (AvgIpc) is 2.92. The Hall–Kier alpha value is -0.910. The van der Waals surface area contributed by atoms with Crippen molar-refractivity contribution in [3.8, 4) is 5.75 Å². The first-order valence-corrected chi connectivity index (χ1v) is 8.95. The highest BCUT2D eigenvalue weighted by atomic mass is 79.9. The topological polar surface area (TPSA) is 34.1 Å². The Bertz CT molecular complexity index is 571. The molecule has 114 valence electrons. The van der Waals surface area contributed by atoms with Gasteiger partial charge in [-0.25, -0.2) is 4.98 Å². The maximum atomic E-state index is 5.95. The van der Waals surface area contributed by atoms with Crippen LogP contribution in [0.1, 0.15) is 36.5 Å². The van der Waals surface area contributed by atoms with Crippen molar-refractivity contribution in [1.82, 2.24) is 10.3 Å². The van der Waals surface area contributed by atoms with E-state index in [1.807, 2.05) is 12.1 Å². The summed E-state index contributed by atoms with van der Waals surface area (Å²) in [6.45, 7) is 6.55. The van der Waals surface area contributed by atoms with Crippen molar-refractivity contribution in [3.05, 3.63) is 44.3 Å². The SMILES string of the molecule is CCCc1nc(COc2ccc(Br)cc2CNCC)cs1. The van der Waals surface area contributed by atoms with Crippen LogP contribution in [0, 0.1) is 0 Å². The Morgan fingerprint density at radius 2 is 2.19 bits per heavy atom. The fourth-order valence-corrected chi connectivity index (χ4v) is 3.28. The van der Waals surface area contributed by atoms with Crippen LogP contribution in [0.5, 0.6) is 5.75 Å². The number of aromatic nitrogens is 1. The van der Waals surface area contributed by atoms with E-state index in [1.54, 1.807) is 11.3 Å². The predicted molar refractivity (Wildman–Crippen MR) is 92.0 cm³/mol. The molecule has 0 aliphatic rings. The zero-order valence-electron chi connectivity index (χ0n) is 12.5. The van der Waals surface area contributed by atoms with Gasteiger partial charge in [0.1, 0.15) is 12.4 Å². The molecule has 0 bridgehead atoms. The summed E-state index contributed by atoms with van der Waals surface area (Å²) in [6.07, 6.45) is 2.18. The second-order valence-corrected chi connectivity index (χ2v) is 6.66. The van der Waals surface area contributed by atoms with E-state index in [0.717, 1.165) is 47.4 Å². The normalized spacial score (nSPS) is 10.8. The molecular formula is C16H21BrN2OS. The molecule has 0 aliphatic carbocycles. The van der Waals surface area contributed by atoms with E-state index in [9.17, 15) is 0 Å². The molecule has 0 radical (unpaired) electrons. The van der Waals surface area contributed by atoms with Gasteiger partial charge in [-0.15, -0.1) is 11.3 Å². The van der Waals surface area contributed by atoms with Gasteiger partial charge in [-0.05, 0) is 37.6 Å². The third-order valence-corrected chi connectivity index (χ3v) is 4.48. The van der Waals surface area contributed by atoms with Crippen LogP contribution in [0.3, 0.4) is 0 Å². The molecule has 0 atom stereocenters. The first kappa shape index (κ1) is 16.5. The molecule has 1 heterocycles. The Labute approximate surface area is 138 Å². The van der Waals surface area contributed by atoms with Gasteiger partial charge in [-0.2, -0.15) is 0 Å². The maximum Gasteiger partial charge on any atom is 0.131 e. The summed E-state index contributed by atoms with van der Waals surface area (Å²) < 4.78 is 7.02. The molecule has 0 saturated heterocycles. The number of thiazole rings is 1. The highest BCUT2D eigenvalue weighted by molar-refractivity contribution is 9.10. The van der Waals surface area contributed by atoms with E-state index in [0.29, 0.717) is 6.61 Å². The van der Waals surface area contributed by atoms with Gasteiger partial charge in [0.05, 0.1) is 10.7 Å². The van der Waals surface area contributed by atoms with E-state index in [1.165, 1.54) is 5.01 Å². The lowest BCUT2D eigenvalue weighted by atomic mass is 10.2. The number of hydrogen-bond acceptors (Lipinski definition) is 4. The molecule has 0 saturated carbocycles. The van der Waals surface area contributed by atoms with Gasteiger partial charge in [0, 0.05) is 22.0 Å². The molecule has 0 fully saturated rings. The van der Waals surface area contributed by atoms with E-state index in [2.05, 4.69) is 51.5 Å². The number of ether oxygens (including phenoxy) is 1. The molecule has 3 nitrogen and oxygen atoms in total.